The third-order valence-electron chi connectivity index (χ3n) is 10.6. The molecule has 254 valence electrons. The van der Waals surface area contributed by atoms with E-state index in [0.717, 1.165) is 28.3 Å². The fourth-order valence-corrected chi connectivity index (χ4v) is 8.02. The molecule has 0 aliphatic rings. The molecule has 54 heavy (non-hydrogen) atoms. The lowest BCUT2D eigenvalue weighted by molar-refractivity contribution is 1.18. The van der Waals surface area contributed by atoms with Crippen LogP contribution in [0.4, 0.5) is 17.1 Å². The van der Waals surface area contributed by atoms with E-state index in [4.69, 9.17) is 0 Å². The van der Waals surface area contributed by atoms with Gasteiger partial charge < -0.3 is 9.47 Å². The van der Waals surface area contributed by atoms with Gasteiger partial charge in [-0.25, -0.2) is 0 Å². The molecule has 0 unspecified atom stereocenters. The molecule has 0 aliphatic carbocycles. The number of benzene rings is 9. The van der Waals surface area contributed by atoms with E-state index in [9.17, 15) is 0 Å². The maximum atomic E-state index is 2.41. The Balaban J connectivity index is 1.13. The van der Waals surface area contributed by atoms with Crippen molar-refractivity contribution in [3.8, 4) is 39.1 Å². The fraction of sp³-hybridized carbons (Fsp3) is 0. The molecular formula is C52H36N2. The first-order chi connectivity index (χ1) is 26.8. The first-order valence-electron chi connectivity index (χ1n) is 18.5. The monoisotopic (exact) mass is 688 g/mol. The van der Waals surface area contributed by atoms with Crippen molar-refractivity contribution in [2.45, 2.75) is 0 Å². The molecule has 10 aromatic rings. The first-order valence-corrected chi connectivity index (χ1v) is 18.5. The van der Waals surface area contributed by atoms with Crippen molar-refractivity contribution in [1.29, 1.82) is 0 Å². The lowest BCUT2D eigenvalue weighted by Crippen LogP contribution is -2.11. The van der Waals surface area contributed by atoms with Crippen LogP contribution < -0.4 is 4.90 Å². The Kier molecular flexibility index (Phi) is 7.85. The molecule has 0 radical (unpaired) electrons. The van der Waals surface area contributed by atoms with Gasteiger partial charge in [-0.1, -0.05) is 164 Å². The van der Waals surface area contributed by atoms with Crippen molar-refractivity contribution in [2.24, 2.45) is 0 Å². The summed E-state index contributed by atoms with van der Waals surface area (Å²) in [5.74, 6) is 0. The summed E-state index contributed by atoms with van der Waals surface area (Å²) >= 11 is 0. The van der Waals surface area contributed by atoms with E-state index < -0.39 is 0 Å². The number of fused-ring (bicyclic) bond motifs is 4. The van der Waals surface area contributed by atoms with Gasteiger partial charge in [-0.15, -0.1) is 0 Å². The first kappa shape index (κ1) is 31.6. The molecule has 0 fully saturated rings. The van der Waals surface area contributed by atoms with Crippen molar-refractivity contribution in [3.05, 3.63) is 218 Å². The average molecular weight is 689 g/mol. The zero-order valence-corrected chi connectivity index (χ0v) is 29.7. The number of para-hydroxylation sites is 4. The quantitative estimate of drug-likeness (QED) is 0.162. The SMILES string of the molecule is c1ccc(-c2ccc(-c3ccc4ccccc4c3)cc2N(c2ccccc2)c2ccc(-c3ccccc3-n3c4ccccc4c4ccccc43)cc2)cc1. The van der Waals surface area contributed by atoms with Gasteiger partial charge in [0.2, 0.25) is 0 Å². The summed E-state index contributed by atoms with van der Waals surface area (Å²) in [7, 11) is 0. The standard InChI is InChI=1S/C52H36N2/c1-3-16-38(17-4-1)46-34-31-42(41-28-27-37-15-7-8-18-40(37)35-41)36-52(46)53(43-19-5-2-6-20-43)44-32-29-39(30-33-44)45-21-9-12-24-49(45)54-50-25-13-10-22-47(50)48-23-11-14-26-51(48)54/h1-36H. The van der Waals surface area contributed by atoms with Gasteiger partial charge in [0.25, 0.3) is 0 Å². The van der Waals surface area contributed by atoms with E-state index in [-0.39, 0.29) is 0 Å². The number of nitrogens with zero attached hydrogens (tertiary/aromatic N) is 2. The summed E-state index contributed by atoms with van der Waals surface area (Å²) < 4.78 is 2.41. The van der Waals surface area contributed by atoms with Crippen LogP contribution in [0.1, 0.15) is 0 Å². The van der Waals surface area contributed by atoms with Gasteiger partial charge >= 0.3 is 0 Å². The molecule has 0 bridgehead atoms. The minimum absolute atomic E-state index is 1.09. The highest BCUT2D eigenvalue weighted by molar-refractivity contribution is 6.09. The lowest BCUT2D eigenvalue weighted by Gasteiger charge is -2.29. The van der Waals surface area contributed by atoms with E-state index in [0.29, 0.717) is 0 Å². The molecule has 0 spiro atoms. The zero-order valence-electron chi connectivity index (χ0n) is 29.7. The molecule has 0 atom stereocenters. The van der Waals surface area contributed by atoms with Crippen LogP contribution in [0.15, 0.2) is 218 Å². The summed E-state index contributed by atoms with van der Waals surface area (Å²) in [5.41, 5.74) is 14.0. The van der Waals surface area contributed by atoms with Crippen molar-refractivity contribution in [1.82, 2.24) is 4.57 Å². The van der Waals surface area contributed by atoms with Crippen LogP contribution in [-0.4, -0.2) is 4.57 Å². The summed E-state index contributed by atoms with van der Waals surface area (Å²) in [6.07, 6.45) is 0. The molecule has 0 amide bonds. The second-order valence-electron chi connectivity index (χ2n) is 13.8. The summed E-state index contributed by atoms with van der Waals surface area (Å²) in [6, 6.07) is 78.9. The van der Waals surface area contributed by atoms with Crippen molar-refractivity contribution >= 4 is 49.6 Å². The largest absolute Gasteiger partial charge is 0.310 e. The summed E-state index contributed by atoms with van der Waals surface area (Å²) in [6.45, 7) is 0. The molecule has 0 saturated heterocycles. The molecule has 1 aromatic heterocycles. The molecular weight excluding hydrogens is 653 g/mol. The molecule has 0 N–H and O–H groups in total. The molecule has 2 heteroatoms. The van der Waals surface area contributed by atoms with Gasteiger partial charge in [-0.2, -0.15) is 0 Å². The second kappa shape index (κ2) is 13.4. The van der Waals surface area contributed by atoms with Crippen molar-refractivity contribution < 1.29 is 0 Å². The van der Waals surface area contributed by atoms with Gasteiger partial charge in [-0.05, 0) is 87.6 Å². The maximum Gasteiger partial charge on any atom is 0.0546 e. The highest BCUT2D eigenvalue weighted by atomic mass is 15.1. The molecule has 10 rings (SSSR count). The Labute approximate surface area is 315 Å². The van der Waals surface area contributed by atoms with E-state index >= 15 is 0 Å². The Bertz CT molecular complexity index is 2870. The van der Waals surface area contributed by atoms with Gasteiger partial charge in [-0.3, -0.25) is 0 Å². The Hall–Kier alpha value is -7.16. The summed E-state index contributed by atoms with van der Waals surface area (Å²) in [5, 5.41) is 5.00. The highest BCUT2D eigenvalue weighted by Gasteiger charge is 2.20. The highest BCUT2D eigenvalue weighted by Crippen LogP contribution is 2.44. The molecule has 9 aromatic carbocycles. The number of hydrogen-bond acceptors (Lipinski definition) is 1. The summed E-state index contributed by atoms with van der Waals surface area (Å²) in [4.78, 5) is 2.40. The minimum atomic E-state index is 1.09. The predicted molar refractivity (Wildman–Crippen MR) is 229 cm³/mol. The molecule has 0 aliphatic heterocycles. The van der Waals surface area contributed by atoms with Gasteiger partial charge in [0.1, 0.15) is 0 Å². The number of anilines is 3. The second-order valence-corrected chi connectivity index (χ2v) is 13.8. The smallest absolute Gasteiger partial charge is 0.0546 e. The van der Waals surface area contributed by atoms with E-state index in [1.165, 1.54) is 60.4 Å². The van der Waals surface area contributed by atoms with Gasteiger partial charge in [0.05, 0.1) is 22.4 Å². The topological polar surface area (TPSA) is 8.17 Å². The molecule has 0 saturated carbocycles. The lowest BCUT2D eigenvalue weighted by atomic mass is 9.95. The van der Waals surface area contributed by atoms with E-state index in [1.54, 1.807) is 0 Å². The third-order valence-corrected chi connectivity index (χ3v) is 10.6. The van der Waals surface area contributed by atoms with Gasteiger partial charge in [0, 0.05) is 33.3 Å². The van der Waals surface area contributed by atoms with Crippen molar-refractivity contribution in [3.63, 3.8) is 0 Å². The van der Waals surface area contributed by atoms with Crippen LogP contribution in [0.5, 0.6) is 0 Å². The van der Waals surface area contributed by atoms with Crippen LogP contribution in [0.2, 0.25) is 0 Å². The molecule has 1 heterocycles. The minimum Gasteiger partial charge on any atom is -0.310 e. The number of aromatic nitrogens is 1. The van der Waals surface area contributed by atoms with Crippen LogP contribution >= 0.6 is 0 Å². The zero-order chi connectivity index (χ0) is 35.8. The third kappa shape index (κ3) is 5.53. The number of hydrogen-bond donors (Lipinski definition) is 0. The van der Waals surface area contributed by atoms with Crippen LogP contribution in [0.3, 0.4) is 0 Å². The Morgan fingerprint density at radius 2 is 0.833 bits per heavy atom. The molecule has 2 nitrogen and oxygen atoms in total. The predicted octanol–water partition coefficient (Wildman–Crippen LogP) is 14.4. The van der Waals surface area contributed by atoms with Gasteiger partial charge in [0.15, 0.2) is 0 Å². The number of rotatable bonds is 7. The maximum absolute atomic E-state index is 2.41. The average Bonchev–Trinajstić information content (AvgIpc) is 3.59. The van der Waals surface area contributed by atoms with Crippen LogP contribution in [0, 0.1) is 0 Å². The van der Waals surface area contributed by atoms with E-state index in [1.807, 2.05) is 0 Å². The Morgan fingerprint density at radius 1 is 0.315 bits per heavy atom. The van der Waals surface area contributed by atoms with Crippen molar-refractivity contribution in [2.75, 3.05) is 4.90 Å². The fourth-order valence-electron chi connectivity index (χ4n) is 8.02. The van der Waals surface area contributed by atoms with E-state index in [2.05, 4.69) is 228 Å². The van der Waals surface area contributed by atoms with Crippen LogP contribution in [0.25, 0.3) is 71.6 Å². The van der Waals surface area contributed by atoms with Crippen LogP contribution in [-0.2, 0) is 0 Å². The normalized spacial score (nSPS) is 11.3. The Morgan fingerprint density at radius 3 is 1.57 bits per heavy atom.